The number of carbonyl (C=O) groups excluding carboxylic acids is 1. The predicted molar refractivity (Wildman–Crippen MR) is 96.5 cm³/mol. The molecule has 0 aliphatic carbocycles. The van der Waals surface area contributed by atoms with E-state index in [4.69, 9.17) is 0 Å². The maximum atomic E-state index is 14.3. The van der Waals surface area contributed by atoms with Gasteiger partial charge in [0, 0.05) is 12.4 Å². The zero-order valence-electron chi connectivity index (χ0n) is 14.1. The average molecular weight is 370 g/mol. The lowest BCUT2D eigenvalue weighted by molar-refractivity contribution is 0.249. The van der Waals surface area contributed by atoms with E-state index >= 15 is 0 Å². The molecule has 3 aromatic rings. The maximum Gasteiger partial charge on any atom is 0.320 e. The van der Waals surface area contributed by atoms with Crippen LogP contribution in [-0.4, -0.2) is 16.0 Å². The topological polar surface area (TPSA) is 86.9 Å². The van der Waals surface area contributed by atoms with Crippen molar-refractivity contribution in [3.63, 3.8) is 0 Å². The molecule has 2 amide bonds. The number of hydrogen-bond acceptors (Lipinski definition) is 3. The zero-order chi connectivity index (χ0) is 19.2. The Labute approximate surface area is 153 Å². The van der Waals surface area contributed by atoms with Crippen molar-refractivity contribution in [3.05, 3.63) is 93.9 Å². The van der Waals surface area contributed by atoms with Crippen molar-refractivity contribution in [2.45, 2.75) is 12.7 Å². The lowest BCUT2D eigenvalue weighted by Crippen LogP contribution is -2.35. The molecule has 6 nitrogen and oxygen atoms in total. The first kappa shape index (κ1) is 18.2. The Morgan fingerprint density at radius 1 is 1.15 bits per heavy atom. The molecule has 3 rings (SSSR count). The van der Waals surface area contributed by atoms with Crippen molar-refractivity contribution in [1.29, 1.82) is 0 Å². The number of amides is 2. The van der Waals surface area contributed by atoms with Crippen molar-refractivity contribution < 1.29 is 13.6 Å². The summed E-state index contributed by atoms with van der Waals surface area (Å²) in [5.41, 5.74) is 0.548. The summed E-state index contributed by atoms with van der Waals surface area (Å²) >= 11 is 0. The molecule has 2 aromatic heterocycles. The van der Waals surface area contributed by atoms with Gasteiger partial charge in [0.15, 0.2) is 0 Å². The van der Waals surface area contributed by atoms with Gasteiger partial charge in [0.1, 0.15) is 29.9 Å². The fourth-order valence-electron chi connectivity index (χ4n) is 2.53. The normalized spacial score (nSPS) is 11.6. The van der Waals surface area contributed by atoms with Gasteiger partial charge in [-0.05, 0) is 35.4 Å². The van der Waals surface area contributed by atoms with Crippen molar-refractivity contribution in [2.75, 3.05) is 5.32 Å². The van der Waals surface area contributed by atoms with Gasteiger partial charge >= 0.3 is 6.03 Å². The highest BCUT2D eigenvalue weighted by Crippen LogP contribution is 2.23. The molecule has 1 atom stereocenters. The second-order valence-corrected chi connectivity index (χ2v) is 5.69. The van der Waals surface area contributed by atoms with Gasteiger partial charge in [0.25, 0.3) is 5.56 Å². The van der Waals surface area contributed by atoms with Crippen LogP contribution in [0.2, 0.25) is 0 Å². The maximum absolute atomic E-state index is 14.3. The first-order valence-corrected chi connectivity index (χ1v) is 8.09. The van der Waals surface area contributed by atoms with Crippen molar-refractivity contribution in [1.82, 2.24) is 15.3 Å². The van der Waals surface area contributed by atoms with Crippen LogP contribution >= 0.6 is 0 Å². The Hall–Kier alpha value is -3.55. The fourth-order valence-corrected chi connectivity index (χ4v) is 2.53. The van der Waals surface area contributed by atoms with E-state index in [1.54, 1.807) is 30.3 Å². The van der Waals surface area contributed by atoms with Gasteiger partial charge in [0.2, 0.25) is 0 Å². The minimum atomic E-state index is -0.928. The molecule has 1 aromatic carbocycles. The third kappa shape index (κ3) is 4.35. The van der Waals surface area contributed by atoms with Gasteiger partial charge in [-0.25, -0.2) is 13.6 Å². The Bertz CT molecular complexity index is 989. The number of hydrogen-bond donors (Lipinski definition) is 3. The zero-order valence-corrected chi connectivity index (χ0v) is 14.1. The Morgan fingerprint density at radius 2 is 1.93 bits per heavy atom. The highest BCUT2D eigenvalue weighted by molar-refractivity contribution is 5.89. The Kier molecular flexibility index (Phi) is 5.55. The molecule has 2 heterocycles. The molecule has 0 fully saturated rings. The second kappa shape index (κ2) is 8.22. The van der Waals surface area contributed by atoms with Gasteiger partial charge in [-0.2, -0.15) is 0 Å². The summed E-state index contributed by atoms with van der Waals surface area (Å²) < 4.78 is 27.0. The summed E-state index contributed by atoms with van der Waals surface area (Å²) in [5, 5.41) is 5.02. The molecule has 0 aliphatic rings. The molecular formula is C19H16F2N4O2. The van der Waals surface area contributed by atoms with E-state index in [1.807, 2.05) is 0 Å². The number of urea groups is 1. The lowest BCUT2D eigenvalue weighted by Gasteiger charge is -2.20. The summed E-state index contributed by atoms with van der Waals surface area (Å²) in [4.78, 5) is 30.5. The lowest BCUT2D eigenvalue weighted by atomic mass is 10.0. The quantitative estimate of drug-likeness (QED) is 0.644. The van der Waals surface area contributed by atoms with Crippen LogP contribution < -0.4 is 16.2 Å². The molecule has 0 unspecified atom stereocenters. The molecule has 27 heavy (non-hydrogen) atoms. The number of pyridine rings is 2. The van der Waals surface area contributed by atoms with Crippen LogP contribution in [0, 0.1) is 5.82 Å². The summed E-state index contributed by atoms with van der Waals surface area (Å²) in [6.07, 6.45) is 2.84. The Balaban J connectivity index is 1.90. The van der Waals surface area contributed by atoms with E-state index in [0.717, 1.165) is 0 Å². The molecule has 0 saturated heterocycles. The second-order valence-electron chi connectivity index (χ2n) is 5.69. The van der Waals surface area contributed by atoms with Crippen LogP contribution in [0.4, 0.5) is 19.3 Å². The third-order valence-corrected chi connectivity index (χ3v) is 3.87. The highest BCUT2D eigenvalue weighted by Gasteiger charge is 2.22. The van der Waals surface area contributed by atoms with Gasteiger partial charge in [0.05, 0.1) is 0 Å². The van der Waals surface area contributed by atoms with Crippen LogP contribution in [-0.2, 0) is 6.67 Å². The van der Waals surface area contributed by atoms with Crippen LogP contribution in [0.5, 0.6) is 0 Å². The summed E-state index contributed by atoms with van der Waals surface area (Å²) in [6, 6.07) is 10.3. The standard InChI is InChI=1S/C19H16F2N4O2/c20-11-12-5-7-13(8-6-12)16(17-14(21)3-1-9-22-17)25-19(27)24-15-4-2-10-23-18(15)26/h1-10,16H,11H2,(H,23,26)(H2,24,25,27)/t16-/m0/s1. The predicted octanol–water partition coefficient (Wildman–Crippen LogP) is 3.29. The van der Waals surface area contributed by atoms with E-state index in [1.165, 1.54) is 30.6 Å². The largest absolute Gasteiger partial charge is 0.327 e. The van der Waals surface area contributed by atoms with Crippen molar-refractivity contribution in [3.8, 4) is 0 Å². The van der Waals surface area contributed by atoms with Crippen LogP contribution in [0.25, 0.3) is 0 Å². The van der Waals surface area contributed by atoms with E-state index in [2.05, 4.69) is 20.6 Å². The number of nitrogens with zero attached hydrogens (tertiary/aromatic N) is 1. The molecule has 0 radical (unpaired) electrons. The molecular weight excluding hydrogens is 354 g/mol. The minimum Gasteiger partial charge on any atom is -0.327 e. The van der Waals surface area contributed by atoms with Gasteiger partial charge < -0.3 is 15.6 Å². The van der Waals surface area contributed by atoms with E-state index in [-0.39, 0.29) is 11.4 Å². The van der Waals surface area contributed by atoms with Gasteiger partial charge in [-0.15, -0.1) is 0 Å². The number of benzene rings is 1. The number of rotatable bonds is 5. The number of aromatic amines is 1. The van der Waals surface area contributed by atoms with Crippen LogP contribution in [0.3, 0.4) is 0 Å². The number of aromatic nitrogens is 2. The smallest absolute Gasteiger partial charge is 0.320 e. The SMILES string of the molecule is O=C(Nc1ccc[nH]c1=O)N[C@@H](c1ccc(CF)cc1)c1ncccc1F. The van der Waals surface area contributed by atoms with Crippen LogP contribution in [0.15, 0.2) is 65.7 Å². The van der Waals surface area contributed by atoms with Crippen molar-refractivity contribution in [2.24, 2.45) is 0 Å². The van der Waals surface area contributed by atoms with E-state index < -0.39 is 30.1 Å². The number of nitrogens with one attached hydrogen (secondary N) is 3. The number of alkyl halides is 1. The molecule has 3 N–H and O–H groups in total. The first-order chi connectivity index (χ1) is 13.1. The van der Waals surface area contributed by atoms with E-state index in [0.29, 0.717) is 11.1 Å². The highest BCUT2D eigenvalue weighted by atomic mass is 19.1. The number of anilines is 1. The number of H-pyrrole nitrogens is 1. The summed E-state index contributed by atoms with van der Waals surface area (Å²) in [6.45, 7) is -0.631. The third-order valence-electron chi connectivity index (χ3n) is 3.87. The molecule has 138 valence electrons. The van der Waals surface area contributed by atoms with E-state index in [9.17, 15) is 18.4 Å². The first-order valence-electron chi connectivity index (χ1n) is 8.09. The minimum absolute atomic E-state index is 0.00243. The molecule has 0 bridgehead atoms. The monoisotopic (exact) mass is 370 g/mol. The molecule has 0 saturated carbocycles. The molecule has 8 heteroatoms. The number of carbonyl (C=O) groups is 1. The summed E-state index contributed by atoms with van der Waals surface area (Å²) in [5.74, 6) is -0.602. The average Bonchev–Trinajstić information content (AvgIpc) is 2.69. The summed E-state index contributed by atoms with van der Waals surface area (Å²) in [7, 11) is 0. The molecule has 0 spiro atoms. The van der Waals surface area contributed by atoms with Gasteiger partial charge in [-0.1, -0.05) is 24.3 Å². The van der Waals surface area contributed by atoms with Crippen molar-refractivity contribution >= 4 is 11.7 Å². The fraction of sp³-hybridized carbons (Fsp3) is 0.105. The number of halogens is 2. The van der Waals surface area contributed by atoms with Crippen LogP contribution in [0.1, 0.15) is 22.9 Å². The Morgan fingerprint density at radius 3 is 2.59 bits per heavy atom. The molecule has 0 aliphatic heterocycles. The van der Waals surface area contributed by atoms with Gasteiger partial charge in [-0.3, -0.25) is 9.78 Å².